The van der Waals surface area contributed by atoms with E-state index in [-0.39, 0.29) is 29.6 Å². The molecule has 0 aromatic heterocycles. The monoisotopic (exact) mass is 390 g/mol. The van der Waals surface area contributed by atoms with Gasteiger partial charge in [0, 0.05) is 11.3 Å². The first kappa shape index (κ1) is 19.4. The van der Waals surface area contributed by atoms with E-state index in [1.165, 1.54) is 4.90 Å². The summed E-state index contributed by atoms with van der Waals surface area (Å²) in [6.45, 7) is 6.11. The second kappa shape index (κ2) is 7.47. The van der Waals surface area contributed by atoms with E-state index in [4.69, 9.17) is 0 Å². The van der Waals surface area contributed by atoms with Crippen LogP contribution in [-0.2, 0) is 9.59 Å². The first-order valence-electron chi connectivity index (χ1n) is 10.2. The molecule has 5 heteroatoms. The van der Waals surface area contributed by atoms with Crippen LogP contribution in [0.1, 0.15) is 47.7 Å². The Kier molecular flexibility index (Phi) is 4.99. The predicted octanol–water partition coefficient (Wildman–Crippen LogP) is 4.48. The van der Waals surface area contributed by atoms with E-state index in [1.54, 1.807) is 24.3 Å². The van der Waals surface area contributed by atoms with Gasteiger partial charge in [0.2, 0.25) is 11.8 Å². The third-order valence-electron chi connectivity index (χ3n) is 6.43. The summed E-state index contributed by atoms with van der Waals surface area (Å²) >= 11 is 0. The lowest BCUT2D eigenvalue weighted by Gasteiger charge is -2.25. The van der Waals surface area contributed by atoms with Gasteiger partial charge in [-0.05, 0) is 80.5 Å². The summed E-state index contributed by atoms with van der Waals surface area (Å²) in [5.41, 5.74) is 3.95. The molecule has 0 spiro atoms. The zero-order valence-electron chi connectivity index (χ0n) is 17.1. The topological polar surface area (TPSA) is 66.5 Å². The third-order valence-corrected chi connectivity index (χ3v) is 6.43. The number of carbonyl (C=O) groups excluding carboxylic acids is 3. The molecule has 1 heterocycles. The van der Waals surface area contributed by atoms with E-state index in [2.05, 4.69) is 12.2 Å². The van der Waals surface area contributed by atoms with E-state index in [1.807, 2.05) is 32.0 Å². The maximum absolute atomic E-state index is 12.9. The normalized spacial score (nSPS) is 23.8. The standard InChI is InChI=1S/C24H26N2O3/c1-14-7-12-19-20(13-14)24(29)26(23(19)28)18-10-8-17(9-11-18)22(27)25-21-6-4-5-15(2)16(21)3/h4-6,8-11,14,19-20H,7,12-13H2,1-3H3,(H,25,27)/t14-,19+,20+/m1/s1. The van der Waals surface area contributed by atoms with Crippen LogP contribution in [0.3, 0.4) is 0 Å². The summed E-state index contributed by atoms with van der Waals surface area (Å²) in [5, 5.41) is 2.93. The SMILES string of the molecule is Cc1cccc(NC(=O)c2ccc(N3C(=O)[C@H]4CC[C@@H](C)C[C@@H]4C3=O)cc2)c1C. The largest absolute Gasteiger partial charge is 0.322 e. The Labute approximate surface area is 171 Å². The van der Waals surface area contributed by atoms with Gasteiger partial charge >= 0.3 is 0 Å². The number of benzene rings is 2. The Morgan fingerprint density at radius 1 is 0.966 bits per heavy atom. The van der Waals surface area contributed by atoms with Crippen LogP contribution in [0, 0.1) is 31.6 Å². The minimum atomic E-state index is -0.216. The average Bonchev–Trinajstić information content (AvgIpc) is 2.95. The molecule has 2 aromatic carbocycles. The van der Waals surface area contributed by atoms with Crippen molar-refractivity contribution in [3.8, 4) is 0 Å². The van der Waals surface area contributed by atoms with Crippen molar-refractivity contribution in [1.29, 1.82) is 0 Å². The number of nitrogens with zero attached hydrogens (tertiary/aromatic N) is 1. The van der Waals surface area contributed by atoms with Crippen molar-refractivity contribution in [3.05, 3.63) is 59.2 Å². The first-order valence-corrected chi connectivity index (χ1v) is 10.2. The van der Waals surface area contributed by atoms with Crippen LogP contribution < -0.4 is 10.2 Å². The van der Waals surface area contributed by atoms with Gasteiger partial charge in [-0.25, -0.2) is 0 Å². The van der Waals surface area contributed by atoms with Crippen LogP contribution in [0.4, 0.5) is 11.4 Å². The molecule has 150 valence electrons. The maximum atomic E-state index is 12.9. The van der Waals surface area contributed by atoms with Crippen molar-refractivity contribution < 1.29 is 14.4 Å². The number of amides is 3. The number of hydrogen-bond donors (Lipinski definition) is 1. The van der Waals surface area contributed by atoms with Crippen LogP contribution in [-0.4, -0.2) is 17.7 Å². The number of hydrogen-bond acceptors (Lipinski definition) is 3. The van der Waals surface area contributed by atoms with Crippen LogP contribution in [0.25, 0.3) is 0 Å². The van der Waals surface area contributed by atoms with Gasteiger partial charge in [-0.3, -0.25) is 19.3 Å². The molecule has 1 aliphatic heterocycles. The van der Waals surface area contributed by atoms with Crippen molar-refractivity contribution in [2.75, 3.05) is 10.2 Å². The van der Waals surface area contributed by atoms with Gasteiger partial charge < -0.3 is 5.32 Å². The predicted molar refractivity (Wildman–Crippen MR) is 113 cm³/mol. The van der Waals surface area contributed by atoms with E-state index in [9.17, 15) is 14.4 Å². The van der Waals surface area contributed by atoms with Gasteiger partial charge in [0.05, 0.1) is 17.5 Å². The fourth-order valence-corrected chi connectivity index (χ4v) is 4.49. The second-order valence-corrected chi connectivity index (χ2v) is 8.39. The molecule has 1 aliphatic carbocycles. The van der Waals surface area contributed by atoms with Crippen molar-refractivity contribution in [1.82, 2.24) is 0 Å². The molecule has 3 amide bonds. The molecular formula is C24H26N2O3. The Morgan fingerprint density at radius 3 is 2.38 bits per heavy atom. The number of anilines is 2. The highest BCUT2D eigenvalue weighted by atomic mass is 16.2. The van der Waals surface area contributed by atoms with Gasteiger partial charge in [-0.15, -0.1) is 0 Å². The first-order chi connectivity index (χ1) is 13.9. The van der Waals surface area contributed by atoms with Crippen molar-refractivity contribution in [3.63, 3.8) is 0 Å². The highest BCUT2D eigenvalue weighted by molar-refractivity contribution is 6.22. The molecule has 5 nitrogen and oxygen atoms in total. The van der Waals surface area contributed by atoms with Crippen LogP contribution in [0.5, 0.6) is 0 Å². The Morgan fingerprint density at radius 2 is 1.66 bits per heavy atom. The van der Waals surface area contributed by atoms with Gasteiger partial charge in [-0.1, -0.05) is 19.1 Å². The van der Waals surface area contributed by atoms with E-state index < -0.39 is 0 Å². The molecule has 29 heavy (non-hydrogen) atoms. The Bertz CT molecular complexity index is 980. The number of fused-ring (bicyclic) bond motifs is 1. The molecular weight excluding hydrogens is 364 g/mol. The molecule has 1 saturated heterocycles. The van der Waals surface area contributed by atoms with Crippen molar-refractivity contribution in [2.45, 2.75) is 40.0 Å². The van der Waals surface area contributed by atoms with Gasteiger partial charge in [-0.2, -0.15) is 0 Å². The number of aryl methyl sites for hydroxylation is 1. The zero-order chi connectivity index (χ0) is 20.7. The molecule has 2 aliphatic rings. The van der Waals surface area contributed by atoms with Crippen molar-refractivity contribution in [2.24, 2.45) is 17.8 Å². The molecule has 3 atom stereocenters. The summed E-state index contributed by atoms with van der Waals surface area (Å²) in [6.07, 6.45) is 2.55. The Balaban J connectivity index is 1.52. The summed E-state index contributed by atoms with van der Waals surface area (Å²) < 4.78 is 0. The summed E-state index contributed by atoms with van der Waals surface area (Å²) in [6, 6.07) is 12.5. The zero-order valence-corrected chi connectivity index (χ0v) is 17.1. The van der Waals surface area contributed by atoms with Gasteiger partial charge in [0.1, 0.15) is 0 Å². The Hall–Kier alpha value is -2.95. The summed E-state index contributed by atoms with van der Waals surface area (Å²) in [7, 11) is 0. The van der Waals surface area contributed by atoms with E-state index in [0.717, 1.165) is 36.1 Å². The molecule has 4 rings (SSSR count). The lowest BCUT2D eigenvalue weighted by Crippen LogP contribution is -2.30. The summed E-state index contributed by atoms with van der Waals surface area (Å²) in [5.74, 6) is -0.320. The van der Waals surface area contributed by atoms with E-state index >= 15 is 0 Å². The minimum absolute atomic E-state index is 0.0977. The number of rotatable bonds is 3. The molecule has 0 radical (unpaired) electrons. The smallest absolute Gasteiger partial charge is 0.255 e. The lowest BCUT2D eigenvalue weighted by atomic mass is 9.76. The molecule has 1 N–H and O–H groups in total. The van der Waals surface area contributed by atoms with Crippen molar-refractivity contribution >= 4 is 29.1 Å². The number of carbonyl (C=O) groups is 3. The fourth-order valence-electron chi connectivity index (χ4n) is 4.49. The highest BCUT2D eigenvalue weighted by Crippen LogP contribution is 2.42. The van der Waals surface area contributed by atoms with Crippen LogP contribution in [0.15, 0.2) is 42.5 Å². The second-order valence-electron chi connectivity index (χ2n) is 8.39. The highest BCUT2D eigenvalue weighted by Gasteiger charge is 2.49. The molecule has 1 saturated carbocycles. The fraction of sp³-hybridized carbons (Fsp3) is 0.375. The molecule has 0 bridgehead atoms. The third kappa shape index (κ3) is 3.46. The van der Waals surface area contributed by atoms with Crippen LogP contribution >= 0.6 is 0 Å². The van der Waals surface area contributed by atoms with Gasteiger partial charge in [0.25, 0.3) is 5.91 Å². The minimum Gasteiger partial charge on any atom is -0.322 e. The maximum Gasteiger partial charge on any atom is 0.255 e. The van der Waals surface area contributed by atoms with Gasteiger partial charge in [0.15, 0.2) is 0 Å². The molecule has 2 fully saturated rings. The summed E-state index contributed by atoms with van der Waals surface area (Å²) in [4.78, 5) is 39.6. The molecule has 2 aromatic rings. The lowest BCUT2D eigenvalue weighted by molar-refractivity contribution is -0.122. The number of imide groups is 1. The molecule has 0 unspecified atom stereocenters. The number of nitrogens with one attached hydrogen (secondary N) is 1. The average molecular weight is 390 g/mol. The van der Waals surface area contributed by atoms with Crippen LogP contribution in [0.2, 0.25) is 0 Å². The quantitative estimate of drug-likeness (QED) is 0.786. The van der Waals surface area contributed by atoms with E-state index in [0.29, 0.717) is 17.2 Å².